The van der Waals surface area contributed by atoms with Crippen molar-refractivity contribution < 1.29 is 4.79 Å². The third-order valence-electron chi connectivity index (χ3n) is 2.28. The molecule has 4 N–H and O–H groups in total. The summed E-state index contributed by atoms with van der Waals surface area (Å²) in [5, 5.41) is 6.54. The first-order valence-electron chi connectivity index (χ1n) is 5.82. The van der Waals surface area contributed by atoms with Gasteiger partial charge >= 0.3 is 0 Å². The molecule has 0 aliphatic rings. The molecule has 0 spiro atoms. The lowest BCUT2D eigenvalue weighted by atomic mass is 10.1. The Labute approximate surface area is 113 Å². The Morgan fingerprint density at radius 2 is 2.00 bits per heavy atom. The van der Waals surface area contributed by atoms with Gasteiger partial charge in [0.2, 0.25) is 5.91 Å². The summed E-state index contributed by atoms with van der Waals surface area (Å²) < 4.78 is 0. The van der Waals surface area contributed by atoms with E-state index in [-0.39, 0.29) is 17.5 Å². The molecular weight excluding hydrogens is 250 g/mol. The Bertz CT molecular complexity index is 440. The van der Waals surface area contributed by atoms with Crippen LogP contribution in [-0.2, 0) is 4.79 Å². The first-order chi connectivity index (χ1) is 8.19. The fourth-order valence-electron chi connectivity index (χ4n) is 1.44. The van der Waals surface area contributed by atoms with Crippen LogP contribution in [0.1, 0.15) is 27.7 Å². The number of hydrogen-bond donors (Lipinski definition) is 3. The highest BCUT2D eigenvalue weighted by atomic mass is 35.5. The van der Waals surface area contributed by atoms with Crippen LogP contribution < -0.4 is 16.4 Å². The lowest BCUT2D eigenvalue weighted by Gasteiger charge is -2.24. The molecule has 0 saturated carbocycles. The number of benzene rings is 1. The summed E-state index contributed by atoms with van der Waals surface area (Å²) in [5.41, 5.74) is 6.80. The largest absolute Gasteiger partial charge is 0.397 e. The minimum atomic E-state index is -0.368. The normalized spacial score (nSPS) is 12.9. The van der Waals surface area contributed by atoms with Gasteiger partial charge in [0.25, 0.3) is 0 Å². The number of nitrogens with two attached hydrogens (primary N) is 1. The number of nitrogen functional groups attached to an aromatic ring is 1. The van der Waals surface area contributed by atoms with Crippen molar-refractivity contribution in [2.75, 3.05) is 11.1 Å². The molecule has 0 bridgehead atoms. The molecule has 1 rings (SSSR count). The van der Waals surface area contributed by atoms with Crippen molar-refractivity contribution in [3.05, 3.63) is 23.2 Å². The van der Waals surface area contributed by atoms with Crippen LogP contribution in [0.2, 0.25) is 5.02 Å². The first-order valence-corrected chi connectivity index (χ1v) is 6.20. The molecule has 0 fully saturated rings. The molecule has 4 nitrogen and oxygen atoms in total. The quantitative estimate of drug-likeness (QED) is 0.739. The molecule has 1 aromatic carbocycles. The average Bonchev–Trinajstić information content (AvgIpc) is 2.19. The second-order valence-electron chi connectivity index (χ2n) is 5.34. The summed E-state index contributed by atoms with van der Waals surface area (Å²) in [4.78, 5) is 11.9. The van der Waals surface area contributed by atoms with Crippen LogP contribution >= 0.6 is 11.6 Å². The number of hydrogen-bond acceptors (Lipinski definition) is 3. The summed E-state index contributed by atoms with van der Waals surface area (Å²) in [6.45, 7) is 7.60. The van der Waals surface area contributed by atoms with Crippen molar-refractivity contribution >= 4 is 28.9 Å². The highest BCUT2D eigenvalue weighted by molar-refractivity contribution is 6.31. The van der Waals surface area contributed by atoms with Crippen LogP contribution in [-0.4, -0.2) is 17.5 Å². The molecule has 1 aromatic rings. The van der Waals surface area contributed by atoms with Gasteiger partial charge in [0.15, 0.2) is 0 Å². The number of halogens is 1. The summed E-state index contributed by atoms with van der Waals surface area (Å²) >= 11 is 5.82. The molecule has 0 saturated heterocycles. The fraction of sp³-hybridized carbons (Fsp3) is 0.462. The summed E-state index contributed by atoms with van der Waals surface area (Å²) in [6, 6.07) is 4.78. The minimum absolute atomic E-state index is 0.0724. The molecule has 0 heterocycles. The summed E-state index contributed by atoms with van der Waals surface area (Å²) in [7, 11) is 0. The maximum Gasteiger partial charge on any atom is 0.242 e. The lowest BCUT2D eigenvalue weighted by molar-refractivity contribution is -0.122. The highest BCUT2D eigenvalue weighted by Gasteiger charge is 2.19. The summed E-state index contributed by atoms with van der Waals surface area (Å²) in [5.74, 6) is -0.0724. The van der Waals surface area contributed by atoms with Gasteiger partial charge < -0.3 is 16.4 Å². The molecule has 0 aliphatic heterocycles. The van der Waals surface area contributed by atoms with Crippen LogP contribution in [0.5, 0.6) is 0 Å². The minimum Gasteiger partial charge on any atom is -0.397 e. The van der Waals surface area contributed by atoms with Crippen LogP contribution in [0.25, 0.3) is 0 Å². The number of rotatable bonds is 3. The zero-order valence-electron chi connectivity index (χ0n) is 11.2. The molecule has 1 atom stereocenters. The van der Waals surface area contributed by atoms with Crippen molar-refractivity contribution in [1.82, 2.24) is 5.32 Å². The van der Waals surface area contributed by atoms with Gasteiger partial charge in [-0.2, -0.15) is 0 Å². The van der Waals surface area contributed by atoms with Gasteiger partial charge in [-0.3, -0.25) is 4.79 Å². The van der Waals surface area contributed by atoms with E-state index >= 15 is 0 Å². The maximum atomic E-state index is 11.9. The highest BCUT2D eigenvalue weighted by Crippen LogP contribution is 2.23. The average molecular weight is 270 g/mol. The fourth-order valence-corrected chi connectivity index (χ4v) is 1.62. The second-order valence-corrected chi connectivity index (χ2v) is 5.77. The van der Waals surface area contributed by atoms with E-state index in [2.05, 4.69) is 10.6 Å². The molecular formula is C13H20ClN3O. The van der Waals surface area contributed by atoms with Crippen molar-refractivity contribution in [2.24, 2.45) is 0 Å². The first kappa shape index (κ1) is 14.6. The number of nitrogens with one attached hydrogen (secondary N) is 2. The zero-order valence-corrected chi connectivity index (χ0v) is 11.9. The predicted octanol–water partition coefficient (Wildman–Crippen LogP) is 2.64. The Morgan fingerprint density at radius 3 is 2.50 bits per heavy atom. The topological polar surface area (TPSA) is 67.1 Å². The molecule has 0 radical (unpaired) electrons. The van der Waals surface area contributed by atoms with E-state index in [1.54, 1.807) is 25.1 Å². The van der Waals surface area contributed by atoms with Crippen molar-refractivity contribution in [2.45, 2.75) is 39.3 Å². The second kappa shape index (κ2) is 5.48. The Hall–Kier alpha value is -1.42. The van der Waals surface area contributed by atoms with Crippen molar-refractivity contribution in [3.63, 3.8) is 0 Å². The van der Waals surface area contributed by atoms with E-state index in [1.165, 1.54) is 0 Å². The van der Waals surface area contributed by atoms with Gasteiger partial charge in [-0.25, -0.2) is 0 Å². The number of amides is 1. The van der Waals surface area contributed by atoms with Crippen LogP contribution in [0.4, 0.5) is 11.4 Å². The van der Waals surface area contributed by atoms with E-state index in [4.69, 9.17) is 17.3 Å². The lowest BCUT2D eigenvalue weighted by Crippen LogP contribution is -2.47. The third-order valence-corrected chi connectivity index (χ3v) is 2.51. The molecule has 5 heteroatoms. The smallest absolute Gasteiger partial charge is 0.242 e. The van der Waals surface area contributed by atoms with Crippen molar-refractivity contribution in [3.8, 4) is 0 Å². The Kier molecular flexibility index (Phi) is 4.46. The van der Waals surface area contributed by atoms with E-state index in [0.29, 0.717) is 16.4 Å². The predicted molar refractivity (Wildman–Crippen MR) is 76.8 cm³/mol. The van der Waals surface area contributed by atoms with E-state index in [0.717, 1.165) is 0 Å². The van der Waals surface area contributed by atoms with Gasteiger partial charge in [-0.15, -0.1) is 0 Å². The van der Waals surface area contributed by atoms with E-state index < -0.39 is 0 Å². The third kappa shape index (κ3) is 4.45. The zero-order chi connectivity index (χ0) is 13.9. The van der Waals surface area contributed by atoms with E-state index in [9.17, 15) is 4.79 Å². The van der Waals surface area contributed by atoms with Crippen molar-refractivity contribution in [1.29, 1.82) is 0 Å². The standard InChI is InChI=1S/C13H20ClN3O/c1-8(12(18)17-13(2,3)4)16-11-6-5-9(14)7-10(11)15/h5-8,16H,15H2,1-4H3,(H,17,18). The van der Waals surface area contributed by atoms with Gasteiger partial charge in [-0.1, -0.05) is 11.6 Å². The molecule has 100 valence electrons. The monoisotopic (exact) mass is 269 g/mol. The van der Waals surface area contributed by atoms with Crippen LogP contribution in [0.15, 0.2) is 18.2 Å². The van der Waals surface area contributed by atoms with Crippen LogP contribution in [0.3, 0.4) is 0 Å². The Balaban J connectivity index is 2.69. The molecule has 0 aromatic heterocycles. The molecule has 0 aliphatic carbocycles. The van der Waals surface area contributed by atoms with Gasteiger partial charge in [-0.05, 0) is 45.9 Å². The molecule has 1 unspecified atom stereocenters. The van der Waals surface area contributed by atoms with Gasteiger partial charge in [0.1, 0.15) is 6.04 Å². The van der Waals surface area contributed by atoms with E-state index in [1.807, 2.05) is 20.8 Å². The summed E-state index contributed by atoms with van der Waals surface area (Å²) in [6.07, 6.45) is 0. The number of anilines is 2. The SMILES string of the molecule is CC(Nc1ccc(Cl)cc1N)C(=O)NC(C)(C)C. The maximum absolute atomic E-state index is 11.9. The molecule has 1 amide bonds. The van der Waals surface area contributed by atoms with Gasteiger partial charge in [0, 0.05) is 10.6 Å². The van der Waals surface area contributed by atoms with Gasteiger partial charge in [0.05, 0.1) is 11.4 Å². The number of carbonyl (C=O) groups excluding carboxylic acids is 1. The molecule has 18 heavy (non-hydrogen) atoms. The Morgan fingerprint density at radius 1 is 1.39 bits per heavy atom. The van der Waals surface area contributed by atoms with Crippen LogP contribution in [0, 0.1) is 0 Å². The number of carbonyl (C=O) groups is 1.